The fourth-order valence-electron chi connectivity index (χ4n) is 2.32. The molecule has 1 saturated heterocycles. The van der Waals surface area contributed by atoms with E-state index in [2.05, 4.69) is 4.74 Å². The molecule has 0 saturated carbocycles. The number of nitrogens with two attached hydrogens (primary N) is 1. The number of rotatable bonds is 2. The van der Waals surface area contributed by atoms with Gasteiger partial charge < -0.3 is 20.1 Å². The van der Waals surface area contributed by atoms with Crippen LogP contribution in [-0.2, 0) is 9.47 Å². The lowest BCUT2D eigenvalue weighted by atomic mass is 10.1. The highest BCUT2D eigenvalue weighted by atomic mass is 19.1. The van der Waals surface area contributed by atoms with E-state index in [1.54, 1.807) is 0 Å². The van der Waals surface area contributed by atoms with E-state index < -0.39 is 11.8 Å². The molecule has 1 aliphatic heterocycles. The van der Waals surface area contributed by atoms with Crippen molar-refractivity contribution >= 4 is 17.3 Å². The van der Waals surface area contributed by atoms with Gasteiger partial charge in [0.1, 0.15) is 5.82 Å². The number of carbonyl (C=O) groups excluding carboxylic acids is 1. The second-order valence-corrected chi connectivity index (χ2v) is 5.03. The Kier molecular flexibility index (Phi) is 4.13. The van der Waals surface area contributed by atoms with Crippen LogP contribution in [0.4, 0.5) is 15.8 Å². The molecule has 2 rings (SSSR count). The molecule has 0 amide bonds. The van der Waals surface area contributed by atoms with Crippen molar-refractivity contribution in [2.24, 2.45) is 0 Å². The van der Waals surface area contributed by atoms with Crippen LogP contribution in [0.5, 0.6) is 0 Å². The van der Waals surface area contributed by atoms with E-state index in [0.29, 0.717) is 18.8 Å². The fourth-order valence-corrected chi connectivity index (χ4v) is 2.32. The van der Waals surface area contributed by atoms with Crippen molar-refractivity contribution in [2.75, 3.05) is 30.9 Å². The number of ether oxygens (including phenoxy) is 2. The third-order valence-corrected chi connectivity index (χ3v) is 3.44. The van der Waals surface area contributed by atoms with Gasteiger partial charge in [-0.05, 0) is 26.0 Å². The molecule has 2 atom stereocenters. The number of morpholine rings is 1. The molecule has 0 aliphatic carbocycles. The van der Waals surface area contributed by atoms with Crippen molar-refractivity contribution in [1.29, 1.82) is 0 Å². The zero-order chi connectivity index (χ0) is 14.9. The van der Waals surface area contributed by atoms with Crippen LogP contribution in [-0.4, -0.2) is 38.4 Å². The molecule has 1 fully saturated rings. The maximum atomic E-state index is 14.2. The quantitative estimate of drug-likeness (QED) is 0.662. The Morgan fingerprint density at radius 1 is 1.50 bits per heavy atom. The number of nitrogen functional groups attached to an aromatic ring is 1. The largest absolute Gasteiger partial charge is 0.465 e. The van der Waals surface area contributed by atoms with Gasteiger partial charge in [-0.3, -0.25) is 0 Å². The van der Waals surface area contributed by atoms with Gasteiger partial charge in [0.15, 0.2) is 0 Å². The van der Waals surface area contributed by atoms with Crippen LogP contribution >= 0.6 is 0 Å². The maximum absolute atomic E-state index is 14.2. The number of benzene rings is 1. The molecule has 6 heteroatoms. The SMILES string of the molecule is COC(=O)c1cc(N2CC(C)OCC2C)c(F)cc1N. The van der Waals surface area contributed by atoms with Crippen LogP contribution in [0.1, 0.15) is 24.2 Å². The number of esters is 1. The summed E-state index contributed by atoms with van der Waals surface area (Å²) in [7, 11) is 1.27. The van der Waals surface area contributed by atoms with Crippen molar-refractivity contribution in [3.05, 3.63) is 23.5 Å². The first-order chi connectivity index (χ1) is 9.43. The first-order valence-electron chi connectivity index (χ1n) is 6.49. The number of hydrogen-bond donors (Lipinski definition) is 1. The van der Waals surface area contributed by atoms with E-state index in [-0.39, 0.29) is 23.4 Å². The summed E-state index contributed by atoms with van der Waals surface area (Å²) in [6.45, 7) is 4.94. The van der Waals surface area contributed by atoms with Crippen LogP contribution in [0.3, 0.4) is 0 Å². The summed E-state index contributed by atoms with van der Waals surface area (Å²) in [5, 5.41) is 0. The number of halogens is 1. The van der Waals surface area contributed by atoms with Crippen LogP contribution in [0.2, 0.25) is 0 Å². The van der Waals surface area contributed by atoms with Gasteiger partial charge in [0.25, 0.3) is 0 Å². The second kappa shape index (κ2) is 5.66. The molecule has 0 aromatic heterocycles. The van der Waals surface area contributed by atoms with Gasteiger partial charge in [-0.1, -0.05) is 0 Å². The molecular formula is C14H19FN2O3. The topological polar surface area (TPSA) is 64.8 Å². The molecule has 0 bridgehead atoms. The molecule has 1 aromatic carbocycles. The molecule has 1 aromatic rings. The minimum absolute atomic E-state index is 0.00438. The average molecular weight is 282 g/mol. The molecule has 2 unspecified atom stereocenters. The first-order valence-corrected chi connectivity index (χ1v) is 6.49. The Bertz CT molecular complexity index is 521. The molecule has 1 aliphatic rings. The molecule has 0 radical (unpaired) electrons. The Morgan fingerprint density at radius 2 is 2.20 bits per heavy atom. The summed E-state index contributed by atoms with van der Waals surface area (Å²) in [4.78, 5) is 13.5. The van der Waals surface area contributed by atoms with E-state index in [0.717, 1.165) is 6.07 Å². The predicted molar refractivity (Wildman–Crippen MR) is 74.4 cm³/mol. The number of methoxy groups -OCH3 is 1. The Morgan fingerprint density at radius 3 is 2.85 bits per heavy atom. The van der Waals surface area contributed by atoms with E-state index in [1.165, 1.54) is 13.2 Å². The average Bonchev–Trinajstić information content (AvgIpc) is 2.41. The Balaban J connectivity index is 2.42. The predicted octanol–water partition coefficient (Wildman–Crippen LogP) is 1.81. The zero-order valence-corrected chi connectivity index (χ0v) is 11.9. The van der Waals surface area contributed by atoms with Gasteiger partial charge in [-0.25, -0.2) is 9.18 Å². The van der Waals surface area contributed by atoms with Crippen LogP contribution < -0.4 is 10.6 Å². The monoisotopic (exact) mass is 282 g/mol. The van der Waals surface area contributed by atoms with Crippen molar-refractivity contribution in [3.63, 3.8) is 0 Å². The summed E-state index contributed by atoms with van der Waals surface area (Å²) in [6, 6.07) is 2.63. The van der Waals surface area contributed by atoms with Gasteiger partial charge in [0.2, 0.25) is 0 Å². The number of carbonyl (C=O) groups is 1. The Labute approximate surface area is 117 Å². The molecule has 0 spiro atoms. The number of hydrogen-bond acceptors (Lipinski definition) is 5. The van der Waals surface area contributed by atoms with E-state index in [1.807, 2.05) is 18.7 Å². The van der Waals surface area contributed by atoms with E-state index in [4.69, 9.17) is 10.5 Å². The summed E-state index contributed by atoms with van der Waals surface area (Å²) in [5.74, 6) is -1.02. The normalized spacial score (nSPS) is 22.7. The molecule has 1 heterocycles. The lowest BCUT2D eigenvalue weighted by Crippen LogP contribution is -2.47. The van der Waals surface area contributed by atoms with Gasteiger partial charge in [-0.2, -0.15) is 0 Å². The van der Waals surface area contributed by atoms with E-state index in [9.17, 15) is 9.18 Å². The number of nitrogens with zero attached hydrogens (tertiary/aromatic N) is 1. The van der Waals surface area contributed by atoms with Crippen molar-refractivity contribution in [3.8, 4) is 0 Å². The smallest absolute Gasteiger partial charge is 0.340 e. The zero-order valence-electron chi connectivity index (χ0n) is 11.9. The molecule has 110 valence electrons. The lowest BCUT2D eigenvalue weighted by Gasteiger charge is -2.38. The Hall–Kier alpha value is -1.82. The van der Waals surface area contributed by atoms with Crippen LogP contribution in [0.25, 0.3) is 0 Å². The van der Waals surface area contributed by atoms with Gasteiger partial charge in [0.05, 0.1) is 31.1 Å². The molecule has 20 heavy (non-hydrogen) atoms. The minimum Gasteiger partial charge on any atom is -0.465 e. The van der Waals surface area contributed by atoms with Gasteiger partial charge in [-0.15, -0.1) is 0 Å². The van der Waals surface area contributed by atoms with E-state index >= 15 is 0 Å². The van der Waals surface area contributed by atoms with Crippen molar-refractivity contribution in [1.82, 2.24) is 0 Å². The summed E-state index contributed by atoms with van der Waals surface area (Å²) in [5.41, 5.74) is 6.28. The lowest BCUT2D eigenvalue weighted by molar-refractivity contribution is 0.0341. The van der Waals surface area contributed by atoms with Crippen LogP contribution in [0.15, 0.2) is 12.1 Å². The minimum atomic E-state index is -0.572. The summed E-state index contributed by atoms with van der Waals surface area (Å²) >= 11 is 0. The first kappa shape index (κ1) is 14.6. The highest BCUT2D eigenvalue weighted by molar-refractivity contribution is 5.96. The van der Waals surface area contributed by atoms with Crippen molar-refractivity contribution < 1.29 is 18.7 Å². The molecule has 2 N–H and O–H groups in total. The third kappa shape index (κ3) is 2.70. The molecule has 5 nitrogen and oxygen atoms in total. The van der Waals surface area contributed by atoms with Gasteiger partial charge in [0, 0.05) is 18.3 Å². The standard InChI is InChI=1S/C14H19FN2O3/c1-8-7-20-9(2)6-17(8)13-4-10(14(18)19-3)12(16)5-11(13)15/h4-5,8-9H,6-7,16H2,1-3H3. The van der Waals surface area contributed by atoms with Crippen molar-refractivity contribution in [2.45, 2.75) is 26.0 Å². The maximum Gasteiger partial charge on any atom is 0.340 e. The number of anilines is 2. The molecular weight excluding hydrogens is 263 g/mol. The summed E-state index contributed by atoms with van der Waals surface area (Å²) < 4.78 is 24.4. The second-order valence-electron chi connectivity index (χ2n) is 5.03. The van der Waals surface area contributed by atoms with Crippen LogP contribution in [0, 0.1) is 5.82 Å². The highest BCUT2D eigenvalue weighted by Gasteiger charge is 2.27. The van der Waals surface area contributed by atoms with Gasteiger partial charge >= 0.3 is 5.97 Å². The fraction of sp³-hybridized carbons (Fsp3) is 0.500. The third-order valence-electron chi connectivity index (χ3n) is 3.44. The summed E-state index contributed by atoms with van der Waals surface area (Å²) in [6.07, 6.45) is 0.00438. The highest BCUT2D eigenvalue weighted by Crippen LogP contribution is 2.29.